The summed E-state index contributed by atoms with van der Waals surface area (Å²) in [6.45, 7) is 2.31. The standard InChI is InChI=1S/C52H72N2/c1-2-3-4-5-6-7-8-9-10-11-12-41-13-15-42(16-14-41)17-18-43-35-37-52(38-36-43,48-27-19-44(20-28-48)39-46-23-31-50(53)32-24-46)49-29-21-45(22-30-49)40-47-25-33-51(54)34-26-47/h19-34,41-43H,2-18,35-40,53-54H2,1H3/t41-,42-. The van der Waals surface area contributed by atoms with Crippen molar-refractivity contribution in [3.8, 4) is 0 Å². The van der Waals surface area contributed by atoms with Gasteiger partial charge in [-0.15, -0.1) is 0 Å². The highest BCUT2D eigenvalue weighted by molar-refractivity contribution is 5.45. The van der Waals surface area contributed by atoms with Crippen LogP contribution >= 0.6 is 0 Å². The van der Waals surface area contributed by atoms with E-state index in [2.05, 4.69) is 79.7 Å². The van der Waals surface area contributed by atoms with Crippen molar-refractivity contribution in [2.45, 2.75) is 160 Å². The van der Waals surface area contributed by atoms with Gasteiger partial charge >= 0.3 is 0 Å². The van der Waals surface area contributed by atoms with Gasteiger partial charge in [0.05, 0.1) is 0 Å². The van der Waals surface area contributed by atoms with E-state index in [4.69, 9.17) is 11.5 Å². The van der Waals surface area contributed by atoms with Gasteiger partial charge in [-0.25, -0.2) is 0 Å². The van der Waals surface area contributed by atoms with Gasteiger partial charge < -0.3 is 11.5 Å². The smallest absolute Gasteiger partial charge is 0.0314 e. The second-order valence-corrected chi connectivity index (χ2v) is 17.7. The van der Waals surface area contributed by atoms with Crippen LogP contribution in [0.1, 0.15) is 175 Å². The fourth-order valence-corrected chi connectivity index (χ4v) is 10.0. The van der Waals surface area contributed by atoms with Crippen molar-refractivity contribution >= 4 is 11.4 Å². The van der Waals surface area contributed by atoms with E-state index in [1.807, 2.05) is 24.3 Å². The van der Waals surface area contributed by atoms with Gasteiger partial charge in [0.25, 0.3) is 0 Å². The maximum atomic E-state index is 5.95. The predicted molar refractivity (Wildman–Crippen MR) is 234 cm³/mol. The molecule has 0 amide bonds. The van der Waals surface area contributed by atoms with Crippen molar-refractivity contribution in [3.63, 3.8) is 0 Å². The van der Waals surface area contributed by atoms with Gasteiger partial charge in [-0.1, -0.05) is 189 Å². The van der Waals surface area contributed by atoms with E-state index in [1.165, 1.54) is 168 Å². The number of nitrogens with two attached hydrogens (primary N) is 2. The lowest BCUT2D eigenvalue weighted by Crippen LogP contribution is -2.33. The molecule has 0 unspecified atom stereocenters. The molecule has 6 rings (SSSR count). The van der Waals surface area contributed by atoms with Crippen LogP contribution in [0, 0.1) is 17.8 Å². The average molecular weight is 725 g/mol. The average Bonchev–Trinajstić information content (AvgIpc) is 3.21. The van der Waals surface area contributed by atoms with Crippen LogP contribution in [0.15, 0.2) is 97.1 Å². The van der Waals surface area contributed by atoms with Crippen LogP contribution in [0.5, 0.6) is 0 Å². The van der Waals surface area contributed by atoms with E-state index in [0.717, 1.165) is 42.0 Å². The first-order valence-corrected chi connectivity index (χ1v) is 22.4. The summed E-state index contributed by atoms with van der Waals surface area (Å²) in [6.07, 6.45) is 31.9. The Morgan fingerprint density at radius 1 is 0.407 bits per heavy atom. The summed E-state index contributed by atoms with van der Waals surface area (Å²) >= 11 is 0. The molecule has 0 saturated heterocycles. The Morgan fingerprint density at radius 3 is 1.15 bits per heavy atom. The molecule has 0 spiro atoms. The summed E-state index contributed by atoms with van der Waals surface area (Å²) in [5.41, 5.74) is 22.0. The number of rotatable bonds is 20. The third-order valence-electron chi connectivity index (χ3n) is 13.7. The second-order valence-electron chi connectivity index (χ2n) is 17.7. The summed E-state index contributed by atoms with van der Waals surface area (Å²) in [6, 6.07) is 36.0. The van der Waals surface area contributed by atoms with Gasteiger partial charge in [0, 0.05) is 16.8 Å². The van der Waals surface area contributed by atoms with Crippen molar-refractivity contribution < 1.29 is 0 Å². The van der Waals surface area contributed by atoms with Gasteiger partial charge in [-0.05, 0) is 114 Å². The van der Waals surface area contributed by atoms with Crippen LogP contribution < -0.4 is 11.5 Å². The Balaban J connectivity index is 0.992. The number of benzene rings is 4. The Bertz CT molecular complexity index is 1510. The molecule has 4 aromatic carbocycles. The van der Waals surface area contributed by atoms with Gasteiger partial charge in [-0.3, -0.25) is 0 Å². The highest BCUT2D eigenvalue weighted by atomic mass is 14.5. The fourth-order valence-electron chi connectivity index (χ4n) is 10.0. The summed E-state index contributed by atoms with van der Waals surface area (Å²) in [4.78, 5) is 0. The van der Waals surface area contributed by atoms with Crippen LogP contribution in [0.3, 0.4) is 0 Å². The Morgan fingerprint density at radius 2 is 0.741 bits per heavy atom. The monoisotopic (exact) mass is 725 g/mol. The van der Waals surface area contributed by atoms with Crippen LogP contribution in [0.2, 0.25) is 0 Å². The highest BCUT2D eigenvalue weighted by Crippen LogP contribution is 2.48. The molecule has 0 aromatic heterocycles. The molecule has 0 heterocycles. The molecule has 290 valence electrons. The lowest BCUT2D eigenvalue weighted by Gasteiger charge is -2.42. The van der Waals surface area contributed by atoms with Gasteiger partial charge in [0.1, 0.15) is 0 Å². The summed E-state index contributed by atoms with van der Waals surface area (Å²) in [5, 5.41) is 0. The Kier molecular flexibility index (Phi) is 15.6. The maximum Gasteiger partial charge on any atom is 0.0314 e. The number of nitrogen functional groups attached to an aromatic ring is 2. The molecule has 2 aliphatic rings. The molecule has 4 N–H and O–H groups in total. The normalized spacial score (nSPS) is 18.8. The first-order chi connectivity index (χ1) is 26.5. The fraction of sp³-hybridized carbons (Fsp3) is 0.538. The minimum Gasteiger partial charge on any atom is -0.399 e. The Hall–Kier alpha value is -3.52. The van der Waals surface area contributed by atoms with E-state index in [-0.39, 0.29) is 5.41 Å². The number of anilines is 2. The SMILES string of the molecule is CCCCCCCCCCCC[C@H]1CC[C@H](CCC2CCC(c3ccc(Cc4ccc(N)cc4)cc3)(c3ccc(Cc4ccc(N)cc4)cc3)CC2)CC1. The van der Waals surface area contributed by atoms with E-state index in [1.54, 1.807) is 0 Å². The zero-order chi connectivity index (χ0) is 37.4. The van der Waals surface area contributed by atoms with Crippen molar-refractivity contribution in [2.24, 2.45) is 17.8 Å². The van der Waals surface area contributed by atoms with E-state index in [9.17, 15) is 0 Å². The molecule has 2 fully saturated rings. The quantitative estimate of drug-likeness (QED) is 0.0704. The number of hydrogen-bond acceptors (Lipinski definition) is 2. The second kappa shape index (κ2) is 21.0. The van der Waals surface area contributed by atoms with E-state index < -0.39 is 0 Å². The zero-order valence-corrected chi connectivity index (χ0v) is 33.9. The lowest BCUT2D eigenvalue weighted by molar-refractivity contribution is 0.208. The van der Waals surface area contributed by atoms with Crippen LogP contribution in [0.4, 0.5) is 11.4 Å². The maximum absolute atomic E-state index is 5.95. The van der Waals surface area contributed by atoms with Crippen LogP contribution in [-0.4, -0.2) is 0 Å². The highest BCUT2D eigenvalue weighted by Gasteiger charge is 2.38. The molecule has 2 heteroatoms. The van der Waals surface area contributed by atoms with Crippen molar-refractivity contribution in [1.29, 1.82) is 0 Å². The molecule has 54 heavy (non-hydrogen) atoms. The summed E-state index contributed by atoms with van der Waals surface area (Å²) in [7, 11) is 0. The van der Waals surface area contributed by atoms with Gasteiger partial charge in [-0.2, -0.15) is 0 Å². The van der Waals surface area contributed by atoms with Crippen molar-refractivity contribution in [1.82, 2.24) is 0 Å². The minimum atomic E-state index is 0.0860. The molecule has 2 nitrogen and oxygen atoms in total. The Labute approximate surface area is 329 Å². The molecule has 2 aliphatic carbocycles. The van der Waals surface area contributed by atoms with Crippen molar-refractivity contribution in [3.05, 3.63) is 130 Å². The van der Waals surface area contributed by atoms with Crippen molar-refractivity contribution in [2.75, 3.05) is 11.5 Å². The molecule has 0 aliphatic heterocycles. The largest absolute Gasteiger partial charge is 0.399 e. The molecular weight excluding hydrogens is 653 g/mol. The lowest BCUT2D eigenvalue weighted by atomic mass is 9.62. The molecule has 4 aromatic rings. The topological polar surface area (TPSA) is 52.0 Å². The molecule has 2 saturated carbocycles. The first-order valence-electron chi connectivity index (χ1n) is 22.4. The van der Waals surface area contributed by atoms with E-state index in [0.29, 0.717) is 0 Å². The third kappa shape index (κ3) is 12.0. The molecule has 0 bridgehead atoms. The summed E-state index contributed by atoms with van der Waals surface area (Å²) < 4.78 is 0. The van der Waals surface area contributed by atoms with Gasteiger partial charge in [0.2, 0.25) is 0 Å². The molecule has 0 radical (unpaired) electrons. The zero-order valence-electron chi connectivity index (χ0n) is 33.9. The number of unbranched alkanes of at least 4 members (excludes halogenated alkanes) is 9. The predicted octanol–water partition coefficient (Wildman–Crippen LogP) is 14.4. The van der Waals surface area contributed by atoms with E-state index >= 15 is 0 Å². The van der Waals surface area contributed by atoms with Crippen LogP contribution in [0.25, 0.3) is 0 Å². The molecule has 0 atom stereocenters. The first kappa shape index (κ1) is 40.2. The minimum absolute atomic E-state index is 0.0860. The summed E-state index contributed by atoms with van der Waals surface area (Å²) in [5.74, 6) is 2.86. The number of hydrogen-bond donors (Lipinski definition) is 2. The van der Waals surface area contributed by atoms with Crippen LogP contribution in [-0.2, 0) is 18.3 Å². The molecular formula is C52H72N2. The van der Waals surface area contributed by atoms with Gasteiger partial charge in [0.15, 0.2) is 0 Å². The third-order valence-corrected chi connectivity index (χ3v) is 13.7.